The highest BCUT2D eigenvalue weighted by molar-refractivity contribution is 6.10. The molecule has 1 aromatic heterocycles. The summed E-state index contributed by atoms with van der Waals surface area (Å²) in [6, 6.07) is 16.5. The predicted molar refractivity (Wildman–Crippen MR) is 127 cm³/mol. The first kappa shape index (κ1) is 21.9. The van der Waals surface area contributed by atoms with Gasteiger partial charge in [-0.25, -0.2) is 4.79 Å². The number of nitrogens with zero attached hydrogens (tertiary/aromatic N) is 2. The first-order valence-electron chi connectivity index (χ1n) is 11.6. The maximum atomic E-state index is 13.6. The van der Waals surface area contributed by atoms with E-state index in [0.717, 1.165) is 47.1 Å². The summed E-state index contributed by atoms with van der Waals surface area (Å²) in [5, 5.41) is 4.71. The van der Waals surface area contributed by atoms with Gasteiger partial charge in [-0.15, -0.1) is 0 Å². The van der Waals surface area contributed by atoms with Crippen molar-refractivity contribution in [2.24, 2.45) is 0 Å². The number of urea groups is 1. The van der Waals surface area contributed by atoms with Gasteiger partial charge in [0.05, 0.1) is 12.8 Å². The zero-order chi connectivity index (χ0) is 23.7. The molecule has 4 amide bonds. The summed E-state index contributed by atoms with van der Waals surface area (Å²) in [6.45, 7) is 1.63. The molecule has 0 saturated carbocycles. The van der Waals surface area contributed by atoms with Gasteiger partial charge >= 0.3 is 6.03 Å². The molecule has 7 nitrogen and oxygen atoms in total. The number of rotatable bonds is 6. The van der Waals surface area contributed by atoms with Gasteiger partial charge in [0.15, 0.2) is 0 Å². The van der Waals surface area contributed by atoms with Crippen LogP contribution in [0.4, 0.5) is 4.79 Å². The van der Waals surface area contributed by atoms with Gasteiger partial charge in [-0.05, 0) is 61.1 Å². The summed E-state index contributed by atoms with van der Waals surface area (Å²) in [5.74, 6) is -0.0920. The van der Waals surface area contributed by atoms with Gasteiger partial charge in [0.2, 0.25) is 5.91 Å². The fourth-order valence-corrected chi connectivity index (χ4v) is 4.88. The molecule has 1 N–H and O–H groups in total. The number of nitrogens with one attached hydrogen (secondary N) is 1. The molecule has 0 unspecified atom stereocenters. The van der Waals surface area contributed by atoms with Crippen molar-refractivity contribution >= 4 is 28.6 Å². The molecule has 3 aromatic rings. The first-order valence-corrected chi connectivity index (χ1v) is 11.6. The summed E-state index contributed by atoms with van der Waals surface area (Å²) in [5.41, 5.74) is 0.367. The monoisotopic (exact) mass is 457 g/mol. The van der Waals surface area contributed by atoms with Crippen molar-refractivity contribution in [2.45, 2.75) is 44.7 Å². The SMILES string of the molecule is C[C@@]1(c2cccc3ccccc23)NC(=O)N(CC(=O)N(Cc2ccco2)C2=CCCCC2)C1=O. The van der Waals surface area contributed by atoms with Crippen LogP contribution in [0.5, 0.6) is 0 Å². The number of amides is 4. The lowest BCUT2D eigenvalue weighted by atomic mass is 9.88. The Kier molecular flexibility index (Phi) is 5.69. The Hall–Kier alpha value is -3.87. The van der Waals surface area contributed by atoms with Gasteiger partial charge in [-0.3, -0.25) is 14.5 Å². The minimum absolute atomic E-state index is 0.266. The average molecular weight is 458 g/mol. The van der Waals surface area contributed by atoms with Crippen LogP contribution in [0.15, 0.2) is 77.1 Å². The van der Waals surface area contributed by atoms with Crippen LogP contribution in [0.25, 0.3) is 10.8 Å². The predicted octanol–water partition coefficient (Wildman–Crippen LogP) is 4.69. The van der Waals surface area contributed by atoms with Gasteiger partial charge in [0, 0.05) is 5.70 Å². The fraction of sp³-hybridized carbons (Fsp3) is 0.296. The van der Waals surface area contributed by atoms with Crippen molar-refractivity contribution in [2.75, 3.05) is 6.54 Å². The van der Waals surface area contributed by atoms with Crippen LogP contribution in [0.3, 0.4) is 0 Å². The molecule has 1 atom stereocenters. The third-order valence-corrected chi connectivity index (χ3v) is 6.71. The van der Waals surface area contributed by atoms with Crippen molar-refractivity contribution < 1.29 is 18.8 Å². The third-order valence-electron chi connectivity index (χ3n) is 6.71. The quantitative estimate of drug-likeness (QED) is 0.545. The normalized spacial score (nSPS) is 20.4. The lowest BCUT2D eigenvalue weighted by Gasteiger charge is -2.28. The number of imide groups is 1. The lowest BCUT2D eigenvalue weighted by molar-refractivity contribution is -0.138. The van der Waals surface area contributed by atoms with Crippen LogP contribution >= 0.6 is 0 Å². The van der Waals surface area contributed by atoms with Crippen molar-refractivity contribution in [3.8, 4) is 0 Å². The van der Waals surface area contributed by atoms with E-state index in [1.54, 1.807) is 24.2 Å². The van der Waals surface area contributed by atoms with Crippen molar-refractivity contribution in [1.29, 1.82) is 0 Å². The van der Waals surface area contributed by atoms with E-state index >= 15 is 0 Å². The Labute approximate surface area is 198 Å². The van der Waals surface area contributed by atoms with Gasteiger partial charge in [0.25, 0.3) is 5.91 Å². The minimum Gasteiger partial charge on any atom is -0.467 e. The summed E-state index contributed by atoms with van der Waals surface area (Å²) in [7, 11) is 0. The van der Waals surface area contributed by atoms with Crippen LogP contribution in [0.1, 0.15) is 43.9 Å². The Morgan fingerprint density at radius 3 is 2.68 bits per heavy atom. The molecule has 2 aliphatic rings. The topological polar surface area (TPSA) is 82.9 Å². The maximum absolute atomic E-state index is 13.6. The summed E-state index contributed by atoms with van der Waals surface area (Å²) in [4.78, 5) is 42.6. The molecule has 2 aromatic carbocycles. The standard InChI is InChI=1S/C27H27N3O4/c1-27(23-15-7-10-19-9-5-6-14-22(19)23)25(32)30(26(33)28-27)18-24(31)29(17-21-13-8-16-34-21)20-11-3-2-4-12-20/h5-11,13-16H,2-4,12,17-18H2,1H3,(H,28,33)/t27-/m0/s1. The van der Waals surface area contributed by atoms with Gasteiger partial charge in [-0.2, -0.15) is 0 Å². The van der Waals surface area contributed by atoms with E-state index in [9.17, 15) is 14.4 Å². The van der Waals surface area contributed by atoms with E-state index in [0.29, 0.717) is 11.3 Å². The largest absolute Gasteiger partial charge is 0.467 e. The molecular weight excluding hydrogens is 430 g/mol. The molecule has 0 spiro atoms. The highest BCUT2D eigenvalue weighted by Crippen LogP contribution is 2.34. The second-order valence-electron chi connectivity index (χ2n) is 8.97. The summed E-state index contributed by atoms with van der Waals surface area (Å²) >= 11 is 0. The summed E-state index contributed by atoms with van der Waals surface area (Å²) in [6.07, 6.45) is 7.40. The van der Waals surface area contributed by atoms with Crippen LogP contribution in [0, 0.1) is 0 Å². The van der Waals surface area contributed by atoms with E-state index in [1.807, 2.05) is 48.5 Å². The molecule has 2 heterocycles. The number of benzene rings is 2. The fourth-order valence-electron chi connectivity index (χ4n) is 4.88. The van der Waals surface area contributed by atoms with E-state index in [1.165, 1.54) is 0 Å². The Morgan fingerprint density at radius 2 is 1.91 bits per heavy atom. The first-order chi connectivity index (χ1) is 16.5. The highest BCUT2D eigenvalue weighted by Gasteiger charge is 2.50. The van der Waals surface area contributed by atoms with Crippen LogP contribution in [-0.4, -0.2) is 34.2 Å². The second-order valence-corrected chi connectivity index (χ2v) is 8.97. The second kappa shape index (κ2) is 8.82. The summed E-state index contributed by atoms with van der Waals surface area (Å²) < 4.78 is 5.47. The molecule has 1 aliphatic carbocycles. The molecule has 1 saturated heterocycles. The average Bonchev–Trinajstić information content (AvgIpc) is 3.45. The van der Waals surface area contributed by atoms with Crippen molar-refractivity contribution in [3.05, 3.63) is 84.0 Å². The zero-order valence-corrected chi connectivity index (χ0v) is 19.1. The van der Waals surface area contributed by atoms with Crippen LogP contribution < -0.4 is 5.32 Å². The molecule has 0 radical (unpaired) electrons. The Morgan fingerprint density at radius 1 is 1.09 bits per heavy atom. The number of hydrogen-bond donors (Lipinski definition) is 1. The van der Waals surface area contributed by atoms with Gasteiger partial charge < -0.3 is 14.6 Å². The highest BCUT2D eigenvalue weighted by atomic mass is 16.3. The molecule has 0 bridgehead atoms. The van der Waals surface area contributed by atoms with Crippen LogP contribution in [-0.2, 0) is 21.7 Å². The van der Waals surface area contributed by atoms with Gasteiger partial charge in [-0.1, -0.05) is 48.5 Å². The lowest BCUT2D eigenvalue weighted by Crippen LogP contribution is -2.44. The van der Waals surface area contributed by atoms with Crippen molar-refractivity contribution in [1.82, 2.24) is 15.1 Å². The minimum atomic E-state index is -1.26. The van der Waals surface area contributed by atoms with Gasteiger partial charge in [0.1, 0.15) is 17.8 Å². The van der Waals surface area contributed by atoms with Crippen molar-refractivity contribution in [3.63, 3.8) is 0 Å². The van der Waals surface area contributed by atoms with E-state index in [2.05, 4.69) is 11.4 Å². The Balaban J connectivity index is 1.42. The molecule has 1 aliphatic heterocycles. The third kappa shape index (κ3) is 3.87. The maximum Gasteiger partial charge on any atom is 0.325 e. The number of carbonyl (C=O) groups excluding carboxylic acids is 3. The molecule has 174 valence electrons. The molecule has 7 heteroatoms. The molecule has 1 fully saturated rings. The van der Waals surface area contributed by atoms with E-state index < -0.39 is 17.5 Å². The molecule has 34 heavy (non-hydrogen) atoms. The van der Waals surface area contributed by atoms with Crippen LogP contribution in [0.2, 0.25) is 0 Å². The number of furan rings is 1. The van der Waals surface area contributed by atoms with E-state index in [4.69, 9.17) is 4.42 Å². The smallest absolute Gasteiger partial charge is 0.325 e. The number of hydrogen-bond acceptors (Lipinski definition) is 4. The number of allylic oxidation sites excluding steroid dienone is 2. The molecule has 5 rings (SSSR count). The molecular formula is C27H27N3O4. The number of fused-ring (bicyclic) bond motifs is 1. The Bertz CT molecular complexity index is 1270. The zero-order valence-electron chi connectivity index (χ0n) is 19.1. The van der Waals surface area contributed by atoms with E-state index in [-0.39, 0.29) is 19.0 Å². The number of carbonyl (C=O) groups is 3.